The molecule has 1 aromatic carbocycles. The van der Waals surface area contributed by atoms with Crippen LogP contribution in [0.5, 0.6) is 0 Å². The van der Waals surface area contributed by atoms with Crippen LogP contribution in [-0.2, 0) is 9.59 Å². The number of Topliss-reactive ketones (excluding diaryl/α,β-unsaturated/α-hetero) is 1. The van der Waals surface area contributed by atoms with E-state index in [1.165, 1.54) is 11.1 Å². The summed E-state index contributed by atoms with van der Waals surface area (Å²) >= 11 is 0. The van der Waals surface area contributed by atoms with Crippen LogP contribution < -0.4 is 4.90 Å². The maximum atomic E-state index is 15.7. The second kappa shape index (κ2) is 9.55. The zero-order valence-electron chi connectivity index (χ0n) is 22.4. The summed E-state index contributed by atoms with van der Waals surface area (Å²) in [4.78, 5) is 28.0. The van der Waals surface area contributed by atoms with Gasteiger partial charge in [0.15, 0.2) is 11.6 Å². The predicted molar refractivity (Wildman–Crippen MR) is 144 cm³/mol. The molecule has 0 saturated heterocycles. The minimum absolute atomic E-state index is 0.00934. The minimum Gasteiger partial charge on any atom is -0.384 e. The Labute approximate surface area is 220 Å². The molecule has 4 nitrogen and oxygen atoms in total. The molecule has 37 heavy (non-hydrogen) atoms. The largest absolute Gasteiger partial charge is 0.384 e. The summed E-state index contributed by atoms with van der Waals surface area (Å²) in [5.41, 5.74) is 3.95. The molecule has 0 spiro atoms. The zero-order chi connectivity index (χ0) is 26.5. The van der Waals surface area contributed by atoms with Gasteiger partial charge in [-0.25, -0.2) is 4.39 Å². The number of rotatable bonds is 4. The normalized spacial score (nSPS) is 34.5. The van der Waals surface area contributed by atoms with Gasteiger partial charge in [0, 0.05) is 38.5 Å². The molecule has 1 N–H and O–H groups in total. The van der Waals surface area contributed by atoms with Crippen molar-refractivity contribution in [3.05, 3.63) is 52.6 Å². The van der Waals surface area contributed by atoms with Crippen molar-refractivity contribution in [2.24, 2.45) is 22.7 Å². The van der Waals surface area contributed by atoms with E-state index in [2.05, 4.69) is 47.9 Å². The van der Waals surface area contributed by atoms with E-state index in [9.17, 15) is 14.7 Å². The second-order valence-corrected chi connectivity index (χ2v) is 11.8. The van der Waals surface area contributed by atoms with Crippen molar-refractivity contribution in [1.82, 2.24) is 0 Å². The smallest absolute Gasteiger partial charge is 0.156 e. The Morgan fingerprint density at radius 1 is 1.22 bits per heavy atom. The lowest BCUT2D eigenvalue weighted by molar-refractivity contribution is -0.132. The molecule has 0 aromatic heterocycles. The molecule has 0 heterocycles. The Kier molecular flexibility index (Phi) is 6.69. The number of carbonyl (C=O) groups is 2. The summed E-state index contributed by atoms with van der Waals surface area (Å²) < 4.78 is 15.7. The molecular weight excluding hydrogens is 465 g/mol. The Bertz CT molecular complexity index is 1230. The number of hydrogen-bond acceptors (Lipinski definition) is 4. The first-order chi connectivity index (χ1) is 17.7. The zero-order valence-corrected chi connectivity index (χ0v) is 22.4. The van der Waals surface area contributed by atoms with Crippen molar-refractivity contribution in [1.29, 1.82) is 0 Å². The van der Waals surface area contributed by atoms with E-state index in [0.29, 0.717) is 37.7 Å². The van der Waals surface area contributed by atoms with Crippen LogP contribution in [0.25, 0.3) is 0 Å². The topological polar surface area (TPSA) is 57.6 Å². The fourth-order valence-electron chi connectivity index (χ4n) is 8.19. The number of halogens is 1. The molecule has 2 fully saturated rings. The van der Waals surface area contributed by atoms with Gasteiger partial charge in [0.2, 0.25) is 0 Å². The van der Waals surface area contributed by atoms with Crippen LogP contribution in [-0.4, -0.2) is 43.5 Å². The first-order valence-electron chi connectivity index (χ1n) is 13.7. The maximum absolute atomic E-state index is 15.7. The Balaban J connectivity index is 1.72. The highest BCUT2D eigenvalue weighted by molar-refractivity contribution is 5.93. The van der Waals surface area contributed by atoms with E-state index in [1.807, 2.05) is 21.0 Å². The van der Waals surface area contributed by atoms with Crippen LogP contribution in [0.15, 0.2) is 47.1 Å². The van der Waals surface area contributed by atoms with Gasteiger partial charge in [-0.3, -0.25) is 9.59 Å². The highest BCUT2D eigenvalue weighted by Gasteiger charge is 2.65. The molecule has 196 valence electrons. The molecule has 0 aliphatic heterocycles. The number of carbonyl (C=O) groups excluding carboxylic acids is 2. The number of alkyl halides is 1. The first-order valence-corrected chi connectivity index (χ1v) is 13.7. The van der Waals surface area contributed by atoms with Crippen molar-refractivity contribution < 1.29 is 19.1 Å². The highest BCUT2D eigenvalue weighted by atomic mass is 19.1. The van der Waals surface area contributed by atoms with E-state index < -0.39 is 17.0 Å². The van der Waals surface area contributed by atoms with Gasteiger partial charge < -0.3 is 10.0 Å². The fourth-order valence-corrected chi connectivity index (χ4v) is 8.19. The van der Waals surface area contributed by atoms with Crippen molar-refractivity contribution in [3.8, 4) is 11.8 Å². The molecule has 2 saturated carbocycles. The predicted octanol–water partition coefficient (Wildman–Crippen LogP) is 5.56. The van der Waals surface area contributed by atoms with Gasteiger partial charge >= 0.3 is 0 Å². The minimum atomic E-state index is -1.16. The van der Waals surface area contributed by atoms with E-state index in [-0.39, 0.29) is 35.9 Å². The monoisotopic (exact) mass is 503 g/mol. The maximum Gasteiger partial charge on any atom is 0.156 e. The summed E-state index contributed by atoms with van der Waals surface area (Å²) in [6.07, 6.45) is 4.38. The molecule has 5 heteroatoms. The standard InChI is InChI=1S/C32H38FNO3/c1-5-29(37)32(14-6-16-35)15-13-27-25-18-28(33)24-17-22(36)11-12-23(24)30(25)26(19-31(27,32)2)20-7-9-21(10-8-20)34(3)4/h7-10,17,25-28,35H,5,11-13,15-16,18-19H2,1-4H3/t25-,26+,27-,28?,31-,32+/m0/s1. The lowest BCUT2D eigenvalue weighted by Gasteiger charge is -2.55. The van der Waals surface area contributed by atoms with Gasteiger partial charge in [0.1, 0.15) is 12.8 Å². The summed E-state index contributed by atoms with van der Waals surface area (Å²) in [5, 5.41) is 9.57. The van der Waals surface area contributed by atoms with Gasteiger partial charge in [-0.1, -0.05) is 43.4 Å². The van der Waals surface area contributed by atoms with E-state index in [0.717, 1.165) is 24.1 Å². The molecule has 1 aromatic rings. The number of hydrogen-bond donors (Lipinski definition) is 1. The van der Waals surface area contributed by atoms with E-state index in [1.54, 1.807) is 6.08 Å². The number of aliphatic hydroxyl groups is 1. The number of aliphatic hydroxyl groups excluding tert-OH is 1. The molecule has 6 atom stereocenters. The third kappa shape index (κ3) is 3.91. The number of allylic oxidation sites excluding steroid dienone is 4. The summed E-state index contributed by atoms with van der Waals surface area (Å²) in [6, 6.07) is 8.59. The Morgan fingerprint density at radius 2 is 1.95 bits per heavy atom. The molecule has 5 rings (SSSR count). The third-order valence-electron chi connectivity index (χ3n) is 9.94. The Hall–Kier alpha value is -2.71. The fraction of sp³-hybridized carbons (Fsp3) is 0.562. The van der Waals surface area contributed by atoms with Crippen LogP contribution in [0, 0.1) is 34.5 Å². The SMILES string of the molecule is CCC(=O)[C@@]1(C#CCO)CC[C@H]2[C@@H]3CC(F)C4=CC(=O)CCC4=C3[C@@H](c3ccc(N(C)C)cc3)C[C@@]21C. The lowest BCUT2D eigenvalue weighted by Crippen LogP contribution is -2.51. The van der Waals surface area contributed by atoms with Crippen molar-refractivity contribution >= 4 is 17.3 Å². The number of ketones is 2. The number of fused-ring (bicyclic) bond motifs is 4. The average Bonchev–Trinajstić information content (AvgIpc) is 3.19. The second-order valence-electron chi connectivity index (χ2n) is 11.8. The van der Waals surface area contributed by atoms with Crippen molar-refractivity contribution in [2.45, 2.75) is 70.9 Å². The molecule has 4 aliphatic carbocycles. The van der Waals surface area contributed by atoms with Crippen molar-refractivity contribution in [2.75, 3.05) is 25.6 Å². The van der Waals surface area contributed by atoms with Gasteiger partial charge in [-0.15, -0.1) is 0 Å². The van der Waals surface area contributed by atoms with Gasteiger partial charge in [0.05, 0.1) is 5.41 Å². The van der Waals surface area contributed by atoms with Gasteiger partial charge in [-0.05, 0) is 84.3 Å². The molecule has 1 unspecified atom stereocenters. The first kappa shape index (κ1) is 25.9. The number of anilines is 1. The molecular formula is C32H38FNO3. The number of nitrogens with zero attached hydrogens (tertiary/aromatic N) is 1. The average molecular weight is 504 g/mol. The van der Waals surface area contributed by atoms with E-state index >= 15 is 4.39 Å². The third-order valence-corrected chi connectivity index (χ3v) is 9.94. The van der Waals surface area contributed by atoms with Crippen molar-refractivity contribution in [3.63, 3.8) is 0 Å². The Morgan fingerprint density at radius 3 is 2.59 bits per heavy atom. The number of benzene rings is 1. The van der Waals surface area contributed by atoms with Gasteiger partial charge in [-0.2, -0.15) is 0 Å². The van der Waals surface area contributed by atoms with E-state index in [4.69, 9.17) is 0 Å². The lowest BCUT2D eigenvalue weighted by atomic mass is 9.48. The summed E-state index contributed by atoms with van der Waals surface area (Å²) in [7, 11) is 4.03. The van der Waals surface area contributed by atoms with Gasteiger partial charge in [0.25, 0.3) is 0 Å². The summed E-state index contributed by atoms with van der Waals surface area (Å²) in [6.45, 7) is 3.82. The van der Waals surface area contributed by atoms with Crippen LogP contribution in [0.3, 0.4) is 0 Å². The molecule has 4 aliphatic rings. The quantitative estimate of drug-likeness (QED) is 0.547. The van der Waals surface area contributed by atoms with Crippen LogP contribution in [0.4, 0.5) is 10.1 Å². The highest BCUT2D eigenvalue weighted by Crippen LogP contribution is 2.70. The summed E-state index contributed by atoms with van der Waals surface area (Å²) in [5.74, 6) is 6.45. The van der Waals surface area contributed by atoms with Crippen LogP contribution in [0.2, 0.25) is 0 Å². The van der Waals surface area contributed by atoms with Crippen LogP contribution in [0.1, 0.15) is 70.3 Å². The molecule has 0 amide bonds. The molecule has 0 bridgehead atoms. The van der Waals surface area contributed by atoms with Crippen LogP contribution >= 0.6 is 0 Å². The molecule has 0 radical (unpaired) electrons.